The molecule has 0 amide bonds. The van der Waals surface area contributed by atoms with Gasteiger partial charge in [-0.3, -0.25) is 0 Å². The van der Waals surface area contributed by atoms with Crippen molar-refractivity contribution < 1.29 is 0 Å². The fraction of sp³-hybridized carbons (Fsp3) is 0.500. The van der Waals surface area contributed by atoms with Crippen molar-refractivity contribution in [3.05, 3.63) is 21.9 Å². The third-order valence-electron chi connectivity index (χ3n) is 3.46. The maximum absolute atomic E-state index is 3.60. The van der Waals surface area contributed by atoms with Gasteiger partial charge in [-0.05, 0) is 23.0 Å². The first-order chi connectivity index (χ1) is 8.66. The zero-order valence-corrected chi connectivity index (χ0v) is 14.1. The van der Waals surface area contributed by atoms with E-state index in [4.69, 9.17) is 0 Å². The Morgan fingerprint density at radius 3 is 1.42 bits per heavy atom. The van der Waals surface area contributed by atoms with Gasteiger partial charge in [0.15, 0.2) is 0 Å². The molecule has 3 rings (SSSR count). The van der Waals surface area contributed by atoms with Gasteiger partial charge in [0.2, 0.25) is 0 Å². The zero-order valence-electron chi connectivity index (χ0n) is 12.5. The number of H-pyrrole nitrogens is 1. The molecule has 0 radical (unpaired) electrons. The van der Waals surface area contributed by atoms with Crippen LogP contribution in [0.15, 0.2) is 12.1 Å². The second-order valence-corrected chi connectivity index (χ2v) is 9.44. The van der Waals surface area contributed by atoms with E-state index in [0.29, 0.717) is 0 Å². The minimum absolute atomic E-state index is 0.236. The van der Waals surface area contributed by atoms with Crippen LogP contribution in [-0.2, 0) is 10.8 Å². The number of fused-ring (bicyclic) bond motifs is 3. The van der Waals surface area contributed by atoms with Crippen LogP contribution >= 0.6 is 22.7 Å². The largest absolute Gasteiger partial charge is 0.338 e. The lowest BCUT2D eigenvalue weighted by Gasteiger charge is -2.15. The molecule has 3 aromatic rings. The molecule has 19 heavy (non-hydrogen) atoms. The Morgan fingerprint density at radius 1 is 0.737 bits per heavy atom. The monoisotopic (exact) mass is 291 g/mol. The van der Waals surface area contributed by atoms with Crippen molar-refractivity contribution in [3.8, 4) is 0 Å². The summed E-state index contributed by atoms with van der Waals surface area (Å²) in [6.45, 7) is 13.7. The van der Waals surface area contributed by atoms with E-state index < -0.39 is 0 Å². The summed E-state index contributed by atoms with van der Waals surface area (Å²) in [5, 5.41) is 2.80. The highest BCUT2D eigenvalue weighted by atomic mass is 32.1. The van der Waals surface area contributed by atoms with Crippen LogP contribution < -0.4 is 0 Å². The number of hydrogen-bond acceptors (Lipinski definition) is 2. The molecule has 3 heterocycles. The Balaban J connectivity index is 2.22. The number of thiophene rings is 2. The first-order valence-corrected chi connectivity index (χ1v) is 8.35. The highest BCUT2D eigenvalue weighted by Crippen LogP contribution is 2.42. The minimum atomic E-state index is 0.236. The molecule has 0 aromatic carbocycles. The van der Waals surface area contributed by atoms with Crippen molar-refractivity contribution >= 4 is 43.1 Å². The summed E-state index contributed by atoms with van der Waals surface area (Å²) in [6.07, 6.45) is 0. The third-order valence-corrected chi connectivity index (χ3v) is 6.41. The van der Waals surface area contributed by atoms with Gasteiger partial charge in [0.25, 0.3) is 0 Å². The van der Waals surface area contributed by atoms with Crippen LogP contribution in [0.25, 0.3) is 20.4 Å². The van der Waals surface area contributed by atoms with Gasteiger partial charge >= 0.3 is 0 Å². The van der Waals surface area contributed by atoms with Gasteiger partial charge in [0.05, 0.1) is 0 Å². The van der Waals surface area contributed by atoms with Crippen LogP contribution in [0.5, 0.6) is 0 Å². The lowest BCUT2D eigenvalue weighted by atomic mass is 9.93. The quantitative estimate of drug-likeness (QED) is 0.520. The summed E-state index contributed by atoms with van der Waals surface area (Å²) >= 11 is 3.80. The smallest absolute Gasteiger partial charge is 0.102 e. The van der Waals surface area contributed by atoms with Crippen molar-refractivity contribution in [1.82, 2.24) is 4.98 Å². The van der Waals surface area contributed by atoms with E-state index in [0.717, 1.165) is 0 Å². The van der Waals surface area contributed by atoms with Gasteiger partial charge in [-0.25, -0.2) is 0 Å². The topological polar surface area (TPSA) is 15.8 Å². The Labute approximate surface area is 122 Å². The molecular formula is C16H21NS2. The third kappa shape index (κ3) is 2.13. The number of aromatic nitrogens is 1. The van der Waals surface area contributed by atoms with Crippen molar-refractivity contribution in [3.63, 3.8) is 0 Å². The standard InChI is InChI=1S/C16H21NS2/c1-15(2,3)11-7-9-10-8-12(16(4,5)6)19-14(10)17-13(9)18-11/h7-8,17H,1-6H3. The van der Waals surface area contributed by atoms with E-state index in [9.17, 15) is 0 Å². The summed E-state index contributed by atoms with van der Waals surface area (Å²) in [4.78, 5) is 9.17. The molecule has 3 heteroatoms. The van der Waals surface area contributed by atoms with Gasteiger partial charge in [-0.1, -0.05) is 41.5 Å². The average Bonchev–Trinajstić information content (AvgIpc) is 2.81. The van der Waals surface area contributed by atoms with Crippen LogP contribution in [0.3, 0.4) is 0 Å². The maximum atomic E-state index is 3.60. The van der Waals surface area contributed by atoms with Crippen LogP contribution in [-0.4, -0.2) is 4.98 Å². The molecule has 0 aliphatic rings. The van der Waals surface area contributed by atoms with E-state index >= 15 is 0 Å². The molecule has 0 spiro atoms. The highest BCUT2D eigenvalue weighted by Gasteiger charge is 2.22. The molecule has 3 aromatic heterocycles. The molecule has 0 saturated carbocycles. The first-order valence-electron chi connectivity index (χ1n) is 6.72. The van der Waals surface area contributed by atoms with Gasteiger partial charge in [-0.15, -0.1) is 22.7 Å². The second kappa shape index (κ2) is 3.86. The average molecular weight is 291 g/mol. The van der Waals surface area contributed by atoms with E-state index in [1.165, 1.54) is 30.2 Å². The Kier molecular flexibility index (Phi) is 2.68. The Bertz CT molecular complexity index is 678. The van der Waals surface area contributed by atoms with E-state index in [-0.39, 0.29) is 10.8 Å². The van der Waals surface area contributed by atoms with Crippen molar-refractivity contribution in [2.24, 2.45) is 0 Å². The molecule has 1 N–H and O–H groups in total. The molecule has 0 saturated heterocycles. The van der Waals surface area contributed by atoms with E-state index in [2.05, 4.69) is 58.7 Å². The van der Waals surface area contributed by atoms with Crippen molar-refractivity contribution in [2.45, 2.75) is 52.4 Å². The molecule has 1 nitrogen and oxygen atoms in total. The van der Waals surface area contributed by atoms with Crippen LogP contribution in [0, 0.1) is 0 Å². The van der Waals surface area contributed by atoms with Crippen molar-refractivity contribution in [1.29, 1.82) is 0 Å². The molecule has 0 unspecified atom stereocenters. The first kappa shape index (κ1) is 13.2. The van der Waals surface area contributed by atoms with Crippen LogP contribution in [0.1, 0.15) is 51.3 Å². The number of aromatic amines is 1. The molecule has 0 aliphatic heterocycles. The Morgan fingerprint density at radius 2 is 1.11 bits per heavy atom. The zero-order chi connectivity index (χ0) is 14.0. The molecule has 0 fully saturated rings. The number of rotatable bonds is 0. The molecule has 0 aliphatic carbocycles. The van der Waals surface area contributed by atoms with Crippen LogP contribution in [0.4, 0.5) is 0 Å². The molecule has 0 atom stereocenters. The van der Waals surface area contributed by atoms with E-state index in [1.54, 1.807) is 0 Å². The lowest BCUT2D eigenvalue weighted by Crippen LogP contribution is -2.07. The molecular weight excluding hydrogens is 270 g/mol. The predicted octanol–water partition coefficient (Wildman–Crippen LogP) is 6.04. The van der Waals surface area contributed by atoms with Crippen molar-refractivity contribution in [2.75, 3.05) is 0 Å². The summed E-state index contributed by atoms with van der Waals surface area (Å²) in [5.41, 5.74) is 0.472. The Hall–Kier alpha value is -0.800. The fourth-order valence-electron chi connectivity index (χ4n) is 2.21. The number of nitrogens with one attached hydrogen (secondary N) is 1. The lowest BCUT2D eigenvalue weighted by molar-refractivity contribution is 0.604. The SMILES string of the molecule is CC(C)(C)c1cc2c([nH]c3sc(C(C)(C)C)cc32)s1. The number of hydrogen-bond donors (Lipinski definition) is 1. The fourth-order valence-corrected chi connectivity index (χ4v) is 4.54. The van der Waals surface area contributed by atoms with Gasteiger partial charge in [0, 0.05) is 20.5 Å². The predicted molar refractivity (Wildman–Crippen MR) is 89.0 cm³/mol. The van der Waals surface area contributed by atoms with Gasteiger partial charge in [-0.2, -0.15) is 0 Å². The van der Waals surface area contributed by atoms with Gasteiger partial charge < -0.3 is 4.98 Å². The summed E-state index contributed by atoms with van der Waals surface area (Å²) in [6, 6.07) is 4.75. The van der Waals surface area contributed by atoms with E-state index in [1.807, 2.05) is 22.7 Å². The summed E-state index contributed by atoms with van der Waals surface area (Å²) in [7, 11) is 0. The summed E-state index contributed by atoms with van der Waals surface area (Å²) in [5.74, 6) is 0. The molecule has 0 bridgehead atoms. The second-order valence-electron chi connectivity index (χ2n) is 7.33. The maximum Gasteiger partial charge on any atom is 0.102 e. The normalized spacial score (nSPS) is 13.8. The minimum Gasteiger partial charge on any atom is -0.338 e. The molecule has 102 valence electrons. The van der Waals surface area contributed by atoms with Gasteiger partial charge in [0.1, 0.15) is 9.66 Å². The highest BCUT2D eigenvalue weighted by molar-refractivity contribution is 7.21. The van der Waals surface area contributed by atoms with Crippen LogP contribution in [0.2, 0.25) is 0 Å². The summed E-state index contributed by atoms with van der Waals surface area (Å²) < 4.78 is 0.